The first-order chi connectivity index (χ1) is 11.5. The lowest BCUT2D eigenvalue weighted by molar-refractivity contribution is -0.384. The maximum atomic E-state index is 10.9. The molecule has 0 aliphatic heterocycles. The van der Waals surface area contributed by atoms with Gasteiger partial charge in [-0.15, -0.1) is 16.4 Å². The smallest absolute Gasteiger partial charge is 0.270 e. The number of fused-ring (bicyclic) bond motifs is 1. The van der Waals surface area contributed by atoms with E-state index in [9.17, 15) is 10.1 Å². The molecule has 0 radical (unpaired) electrons. The topological polar surface area (TPSA) is 103 Å². The molecule has 3 aromatic rings. The van der Waals surface area contributed by atoms with Gasteiger partial charge in [0.2, 0.25) is 5.16 Å². The van der Waals surface area contributed by atoms with Crippen molar-refractivity contribution in [3.8, 4) is 0 Å². The van der Waals surface area contributed by atoms with Gasteiger partial charge >= 0.3 is 0 Å². The second-order valence-electron chi connectivity index (χ2n) is 5.33. The number of tetrazole rings is 1. The van der Waals surface area contributed by atoms with Gasteiger partial charge in [-0.3, -0.25) is 10.1 Å². The van der Waals surface area contributed by atoms with Crippen LogP contribution in [0.2, 0.25) is 0 Å². The lowest BCUT2D eigenvalue weighted by atomic mass is 10.3. The zero-order chi connectivity index (χ0) is 17.1. The van der Waals surface area contributed by atoms with Crippen LogP contribution in [0.3, 0.4) is 0 Å². The molecule has 11 heteroatoms. The van der Waals surface area contributed by atoms with E-state index in [1.165, 1.54) is 35.2 Å². The van der Waals surface area contributed by atoms with Crippen LogP contribution in [0.5, 0.6) is 0 Å². The van der Waals surface area contributed by atoms with Crippen LogP contribution in [-0.2, 0) is 6.54 Å². The predicted octanol–water partition coefficient (Wildman–Crippen LogP) is 2.29. The molecule has 3 rings (SSSR count). The van der Waals surface area contributed by atoms with Crippen LogP contribution < -0.4 is 0 Å². The van der Waals surface area contributed by atoms with E-state index < -0.39 is 4.92 Å². The summed E-state index contributed by atoms with van der Waals surface area (Å²) in [7, 11) is 4.05. The van der Waals surface area contributed by atoms with E-state index in [-0.39, 0.29) is 5.69 Å². The average molecular weight is 365 g/mol. The van der Waals surface area contributed by atoms with Gasteiger partial charge in [0, 0.05) is 18.7 Å². The number of nitrogens with zero attached hydrogens (tertiary/aromatic N) is 7. The number of hydrogen-bond donors (Lipinski definition) is 0. The Morgan fingerprint density at radius 3 is 3.00 bits per heavy atom. The van der Waals surface area contributed by atoms with E-state index in [4.69, 9.17) is 0 Å². The van der Waals surface area contributed by atoms with E-state index in [1.807, 2.05) is 14.1 Å². The fraction of sp³-hybridized carbons (Fsp3) is 0.385. The summed E-state index contributed by atoms with van der Waals surface area (Å²) in [5.74, 6) is 0. The molecule has 0 atom stereocenters. The second kappa shape index (κ2) is 7.20. The molecule has 9 nitrogen and oxygen atoms in total. The number of aromatic nitrogens is 5. The highest BCUT2D eigenvalue weighted by molar-refractivity contribution is 8.01. The lowest BCUT2D eigenvalue weighted by Gasteiger charge is -2.08. The molecule has 2 heterocycles. The fourth-order valence-corrected chi connectivity index (χ4v) is 4.07. The molecule has 0 unspecified atom stereocenters. The monoisotopic (exact) mass is 365 g/mol. The summed E-state index contributed by atoms with van der Waals surface area (Å²) in [6.45, 7) is 1.68. The maximum Gasteiger partial charge on any atom is 0.270 e. The van der Waals surface area contributed by atoms with Crippen molar-refractivity contribution < 1.29 is 4.92 Å². The summed E-state index contributed by atoms with van der Waals surface area (Å²) < 4.78 is 3.29. The lowest BCUT2D eigenvalue weighted by Crippen LogP contribution is -2.15. The Labute approximate surface area is 145 Å². The minimum atomic E-state index is -0.405. The predicted molar refractivity (Wildman–Crippen MR) is 91.4 cm³/mol. The molecule has 0 saturated heterocycles. The van der Waals surface area contributed by atoms with Crippen molar-refractivity contribution in [2.45, 2.75) is 22.5 Å². The highest BCUT2D eigenvalue weighted by Gasteiger charge is 2.14. The summed E-state index contributed by atoms with van der Waals surface area (Å²) in [6, 6.07) is 4.66. The number of thiazole rings is 1. The number of nitro groups is 1. The van der Waals surface area contributed by atoms with Gasteiger partial charge < -0.3 is 4.90 Å². The van der Waals surface area contributed by atoms with Crippen LogP contribution in [0.1, 0.15) is 6.42 Å². The molecular weight excluding hydrogens is 350 g/mol. The van der Waals surface area contributed by atoms with Crippen LogP contribution in [0.15, 0.2) is 27.7 Å². The summed E-state index contributed by atoms with van der Waals surface area (Å²) in [5, 5.41) is 23.3. The summed E-state index contributed by atoms with van der Waals surface area (Å²) in [5.41, 5.74) is 0.802. The van der Waals surface area contributed by atoms with Gasteiger partial charge in [-0.1, -0.05) is 0 Å². The van der Waals surface area contributed by atoms with Crippen LogP contribution in [-0.4, -0.2) is 55.7 Å². The standard InChI is InChI=1S/C13H15N7O2S2/c1-18(2)6-3-7-19-12(15-16-17-19)24-13-14-10-5-4-9(20(21)22)8-11(10)23-13/h4-5,8H,3,6-7H2,1-2H3. The molecular formula is C13H15N7O2S2. The molecule has 0 fully saturated rings. The largest absolute Gasteiger partial charge is 0.309 e. The Kier molecular flexibility index (Phi) is 5.02. The first-order valence-corrected chi connectivity index (χ1v) is 8.80. The number of hydrogen-bond acceptors (Lipinski definition) is 9. The highest BCUT2D eigenvalue weighted by Crippen LogP contribution is 2.34. The number of benzene rings is 1. The fourth-order valence-electron chi connectivity index (χ4n) is 2.07. The van der Waals surface area contributed by atoms with Crippen molar-refractivity contribution in [1.29, 1.82) is 0 Å². The number of non-ortho nitro benzene ring substituents is 1. The van der Waals surface area contributed by atoms with Gasteiger partial charge in [0.15, 0.2) is 4.34 Å². The Morgan fingerprint density at radius 2 is 2.25 bits per heavy atom. The van der Waals surface area contributed by atoms with Gasteiger partial charge in [0.05, 0.1) is 15.1 Å². The van der Waals surface area contributed by atoms with Crippen LogP contribution in [0.25, 0.3) is 10.2 Å². The second-order valence-corrected chi connectivity index (χ2v) is 7.58. The first-order valence-electron chi connectivity index (χ1n) is 7.16. The molecule has 0 saturated carbocycles. The summed E-state index contributed by atoms with van der Waals surface area (Å²) >= 11 is 2.77. The zero-order valence-electron chi connectivity index (χ0n) is 13.1. The summed E-state index contributed by atoms with van der Waals surface area (Å²) in [6.07, 6.45) is 0.942. The Balaban J connectivity index is 1.75. The van der Waals surface area contributed by atoms with Gasteiger partial charge in [-0.05, 0) is 55.3 Å². The Bertz CT molecular complexity index is 861. The van der Waals surface area contributed by atoms with Crippen LogP contribution in [0, 0.1) is 10.1 Å². The van der Waals surface area contributed by atoms with E-state index in [1.54, 1.807) is 10.7 Å². The van der Waals surface area contributed by atoms with Crippen LogP contribution in [0.4, 0.5) is 5.69 Å². The van der Waals surface area contributed by atoms with Crippen molar-refractivity contribution in [2.75, 3.05) is 20.6 Å². The summed E-state index contributed by atoms with van der Waals surface area (Å²) in [4.78, 5) is 17.0. The van der Waals surface area contributed by atoms with Crippen LogP contribution >= 0.6 is 23.1 Å². The normalized spacial score (nSPS) is 11.5. The minimum absolute atomic E-state index is 0.0659. The van der Waals surface area contributed by atoms with Gasteiger partial charge in [0.1, 0.15) is 0 Å². The molecule has 0 aliphatic rings. The number of nitro benzene ring substituents is 1. The number of rotatable bonds is 7. The molecule has 0 N–H and O–H groups in total. The molecule has 2 aromatic heterocycles. The SMILES string of the molecule is CN(C)CCCn1nnnc1Sc1nc2ccc([N+](=O)[O-])cc2s1. The van der Waals surface area contributed by atoms with E-state index in [2.05, 4.69) is 25.4 Å². The first kappa shape index (κ1) is 16.7. The van der Waals surface area contributed by atoms with Crippen molar-refractivity contribution in [2.24, 2.45) is 0 Å². The zero-order valence-corrected chi connectivity index (χ0v) is 14.7. The molecule has 0 amide bonds. The van der Waals surface area contributed by atoms with Gasteiger partial charge in [0.25, 0.3) is 5.69 Å². The minimum Gasteiger partial charge on any atom is -0.309 e. The van der Waals surface area contributed by atoms with Crippen molar-refractivity contribution in [3.05, 3.63) is 28.3 Å². The average Bonchev–Trinajstić information content (AvgIpc) is 3.12. The maximum absolute atomic E-state index is 10.9. The molecule has 126 valence electrons. The Morgan fingerprint density at radius 1 is 1.42 bits per heavy atom. The van der Waals surface area contributed by atoms with Crippen molar-refractivity contribution in [3.63, 3.8) is 0 Å². The van der Waals surface area contributed by atoms with Gasteiger partial charge in [-0.2, -0.15) is 0 Å². The van der Waals surface area contributed by atoms with Crippen molar-refractivity contribution >= 4 is 39.0 Å². The quantitative estimate of drug-likeness (QED) is 0.464. The van der Waals surface area contributed by atoms with E-state index in [0.717, 1.165) is 34.1 Å². The molecule has 0 spiro atoms. The molecule has 24 heavy (non-hydrogen) atoms. The third-order valence-corrected chi connectivity index (χ3v) is 5.27. The van der Waals surface area contributed by atoms with E-state index in [0.29, 0.717) is 5.16 Å². The molecule has 0 bridgehead atoms. The third kappa shape index (κ3) is 3.86. The third-order valence-electron chi connectivity index (χ3n) is 3.22. The van der Waals surface area contributed by atoms with Gasteiger partial charge in [-0.25, -0.2) is 9.67 Å². The number of aryl methyl sites for hydroxylation is 1. The van der Waals surface area contributed by atoms with Crippen molar-refractivity contribution in [1.82, 2.24) is 30.1 Å². The molecule has 0 aliphatic carbocycles. The highest BCUT2D eigenvalue weighted by atomic mass is 32.2. The van der Waals surface area contributed by atoms with E-state index >= 15 is 0 Å². The molecule has 1 aromatic carbocycles. The Hall–Kier alpha value is -2.11.